The molecule has 6 nitrogen and oxygen atoms in total. The molecule has 8 heteroatoms. The summed E-state index contributed by atoms with van der Waals surface area (Å²) in [7, 11) is 0. The molecule has 0 spiro atoms. The van der Waals surface area contributed by atoms with E-state index in [0.29, 0.717) is 12.2 Å². The van der Waals surface area contributed by atoms with Crippen LogP contribution in [0.15, 0.2) is 61.1 Å². The van der Waals surface area contributed by atoms with Gasteiger partial charge in [-0.05, 0) is 19.1 Å². The second kappa shape index (κ2) is 8.91. The Morgan fingerprint density at radius 1 is 1.16 bits per heavy atom. The van der Waals surface area contributed by atoms with Gasteiger partial charge in [0.1, 0.15) is 23.1 Å². The molecule has 2 heterocycles. The first-order valence-corrected chi connectivity index (χ1v) is 9.85. The number of hydrogen-bond donors (Lipinski definition) is 2. The van der Waals surface area contributed by atoms with Crippen LogP contribution in [0.25, 0.3) is 16.9 Å². The Labute approximate surface area is 178 Å². The van der Waals surface area contributed by atoms with Crippen LogP contribution in [-0.2, 0) is 11.3 Å². The Balaban J connectivity index is 1.44. The first kappa shape index (κ1) is 20.5. The Morgan fingerprint density at radius 2 is 2.03 bits per heavy atom. The van der Waals surface area contributed by atoms with Crippen molar-refractivity contribution in [1.82, 2.24) is 19.7 Å². The van der Waals surface area contributed by atoms with E-state index in [1.165, 1.54) is 12.1 Å². The van der Waals surface area contributed by atoms with E-state index < -0.39 is 11.6 Å². The van der Waals surface area contributed by atoms with Gasteiger partial charge in [0, 0.05) is 49.1 Å². The largest absolute Gasteiger partial charge is 0.369 e. The van der Waals surface area contributed by atoms with Crippen molar-refractivity contribution in [2.45, 2.75) is 19.9 Å². The predicted octanol–water partition coefficient (Wildman–Crippen LogP) is 4.10. The third-order valence-electron chi connectivity index (χ3n) is 4.86. The summed E-state index contributed by atoms with van der Waals surface area (Å²) in [4.78, 5) is 21.0. The van der Waals surface area contributed by atoms with E-state index in [-0.39, 0.29) is 24.4 Å². The molecule has 2 N–H and O–H groups in total. The molecule has 31 heavy (non-hydrogen) atoms. The molecule has 0 saturated heterocycles. The molecule has 0 aliphatic carbocycles. The van der Waals surface area contributed by atoms with Crippen molar-refractivity contribution in [2.75, 3.05) is 11.9 Å². The summed E-state index contributed by atoms with van der Waals surface area (Å²) in [6, 6.07) is 11.3. The number of imidazole rings is 1. The van der Waals surface area contributed by atoms with Crippen LogP contribution < -0.4 is 10.6 Å². The van der Waals surface area contributed by atoms with Crippen molar-refractivity contribution in [1.29, 1.82) is 0 Å². The lowest BCUT2D eigenvalue weighted by atomic mass is 10.1. The fourth-order valence-electron chi connectivity index (χ4n) is 3.31. The highest BCUT2D eigenvalue weighted by molar-refractivity contribution is 5.78. The Hall–Kier alpha value is -3.81. The molecule has 0 aliphatic rings. The molecular formula is C23H21F2N5O. The Bertz CT molecular complexity index is 1240. The maximum Gasteiger partial charge on any atom is 0.222 e. The molecule has 0 atom stereocenters. The number of anilines is 1. The number of benzene rings is 2. The van der Waals surface area contributed by atoms with Gasteiger partial charge in [0.25, 0.3) is 0 Å². The van der Waals surface area contributed by atoms with E-state index >= 15 is 0 Å². The molecule has 0 radical (unpaired) electrons. The molecule has 4 aromatic rings. The van der Waals surface area contributed by atoms with Crippen LogP contribution in [0.2, 0.25) is 0 Å². The van der Waals surface area contributed by atoms with Crippen LogP contribution in [0.1, 0.15) is 17.5 Å². The number of halogens is 2. The average Bonchev–Trinajstić information content (AvgIpc) is 3.12. The van der Waals surface area contributed by atoms with Gasteiger partial charge in [-0.1, -0.05) is 29.8 Å². The van der Waals surface area contributed by atoms with Crippen molar-refractivity contribution in [3.8, 4) is 11.3 Å². The standard InChI is InChI=1S/C23H21F2N5O/c1-15-3-2-4-16(11-15)22-23(30-10-9-26-14-20(30)29-22)27-8-7-21(31)28-13-17-5-6-18(24)12-19(17)25/h2-6,9-12,14,27H,7-8,13H2,1H3,(H,28,31). The number of fused-ring (bicyclic) bond motifs is 1. The smallest absolute Gasteiger partial charge is 0.222 e. The number of aromatic nitrogens is 3. The number of nitrogens with one attached hydrogen (secondary N) is 2. The summed E-state index contributed by atoms with van der Waals surface area (Å²) in [5.74, 6) is -0.811. The van der Waals surface area contributed by atoms with E-state index in [1.54, 1.807) is 18.6 Å². The van der Waals surface area contributed by atoms with E-state index in [9.17, 15) is 13.6 Å². The number of rotatable bonds is 7. The summed E-state index contributed by atoms with van der Waals surface area (Å²) in [6.45, 7) is 2.37. The number of amides is 1. The van der Waals surface area contributed by atoms with E-state index in [1.807, 2.05) is 35.6 Å². The number of aryl methyl sites for hydroxylation is 1. The second-order valence-electron chi connectivity index (χ2n) is 7.17. The van der Waals surface area contributed by atoms with E-state index in [2.05, 4.69) is 20.6 Å². The van der Waals surface area contributed by atoms with Crippen LogP contribution in [0.3, 0.4) is 0 Å². The lowest BCUT2D eigenvalue weighted by Gasteiger charge is -2.10. The fourth-order valence-corrected chi connectivity index (χ4v) is 3.31. The Kier molecular flexibility index (Phi) is 5.88. The number of carbonyl (C=O) groups is 1. The monoisotopic (exact) mass is 421 g/mol. The first-order valence-electron chi connectivity index (χ1n) is 9.85. The van der Waals surface area contributed by atoms with Crippen LogP contribution in [0.5, 0.6) is 0 Å². The third kappa shape index (κ3) is 4.69. The van der Waals surface area contributed by atoms with E-state index in [0.717, 1.165) is 28.7 Å². The van der Waals surface area contributed by atoms with Crippen molar-refractivity contribution >= 4 is 17.4 Å². The first-order chi connectivity index (χ1) is 15.0. The summed E-state index contributed by atoms with van der Waals surface area (Å²) < 4.78 is 28.6. The molecule has 2 aromatic heterocycles. The lowest BCUT2D eigenvalue weighted by Crippen LogP contribution is -2.25. The number of carbonyl (C=O) groups excluding carboxylic acids is 1. The van der Waals surface area contributed by atoms with Gasteiger partial charge in [-0.3, -0.25) is 14.2 Å². The van der Waals surface area contributed by atoms with Crippen LogP contribution in [0, 0.1) is 18.6 Å². The summed E-state index contributed by atoms with van der Waals surface area (Å²) >= 11 is 0. The predicted molar refractivity (Wildman–Crippen MR) is 114 cm³/mol. The van der Waals surface area contributed by atoms with Gasteiger partial charge in [0.2, 0.25) is 5.91 Å². The average molecular weight is 421 g/mol. The topological polar surface area (TPSA) is 71.3 Å². The molecule has 0 saturated carbocycles. The minimum atomic E-state index is -0.680. The number of hydrogen-bond acceptors (Lipinski definition) is 4. The van der Waals surface area contributed by atoms with Gasteiger partial charge in [0.15, 0.2) is 5.65 Å². The summed E-state index contributed by atoms with van der Waals surface area (Å²) in [6.07, 6.45) is 5.33. The molecule has 1 amide bonds. The summed E-state index contributed by atoms with van der Waals surface area (Å²) in [5, 5.41) is 5.95. The summed E-state index contributed by atoms with van der Waals surface area (Å²) in [5.41, 5.74) is 3.77. The molecule has 2 aromatic carbocycles. The van der Waals surface area contributed by atoms with Gasteiger partial charge in [-0.25, -0.2) is 13.8 Å². The van der Waals surface area contributed by atoms with Crippen LogP contribution in [-0.4, -0.2) is 26.8 Å². The molecule has 0 bridgehead atoms. The molecule has 158 valence electrons. The van der Waals surface area contributed by atoms with Crippen molar-refractivity contribution < 1.29 is 13.6 Å². The molecule has 0 fully saturated rings. The van der Waals surface area contributed by atoms with Crippen molar-refractivity contribution in [2.24, 2.45) is 0 Å². The minimum absolute atomic E-state index is 0.000765. The van der Waals surface area contributed by atoms with Gasteiger partial charge in [-0.2, -0.15) is 0 Å². The number of nitrogens with zero attached hydrogens (tertiary/aromatic N) is 3. The molecule has 0 aliphatic heterocycles. The maximum atomic E-state index is 13.7. The highest BCUT2D eigenvalue weighted by Crippen LogP contribution is 2.29. The van der Waals surface area contributed by atoms with Gasteiger partial charge in [-0.15, -0.1) is 0 Å². The van der Waals surface area contributed by atoms with Gasteiger partial charge < -0.3 is 10.6 Å². The highest BCUT2D eigenvalue weighted by atomic mass is 19.1. The molecule has 0 unspecified atom stereocenters. The normalized spacial score (nSPS) is 10.9. The lowest BCUT2D eigenvalue weighted by molar-refractivity contribution is -0.121. The van der Waals surface area contributed by atoms with Crippen molar-refractivity contribution in [3.05, 3.63) is 83.8 Å². The van der Waals surface area contributed by atoms with Gasteiger partial charge >= 0.3 is 0 Å². The third-order valence-corrected chi connectivity index (χ3v) is 4.86. The quantitative estimate of drug-likeness (QED) is 0.471. The second-order valence-corrected chi connectivity index (χ2v) is 7.17. The molecular weight excluding hydrogens is 400 g/mol. The van der Waals surface area contributed by atoms with E-state index in [4.69, 9.17) is 0 Å². The fraction of sp³-hybridized carbons (Fsp3) is 0.174. The maximum absolute atomic E-state index is 13.7. The highest BCUT2D eigenvalue weighted by Gasteiger charge is 2.14. The zero-order chi connectivity index (χ0) is 21.8. The van der Waals surface area contributed by atoms with Crippen LogP contribution in [0.4, 0.5) is 14.6 Å². The molecule has 4 rings (SSSR count). The SMILES string of the molecule is Cc1cccc(-c2nc3cnccn3c2NCCC(=O)NCc2ccc(F)cc2F)c1. The Morgan fingerprint density at radius 3 is 2.84 bits per heavy atom. The van der Waals surface area contributed by atoms with Gasteiger partial charge in [0.05, 0.1) is 6.20 Å². The zero-order valence-corrected chi connectivity index (χ0v) is 16.9. The van der Waals surface area contributed by atoms with Crippen LogP contribution >= 0.6 is 0 Å². The van der Waals surface area contributed by atoms with Crippen molar-refractivity contribution in [3.63, 3.8) is 0 Å². The zero-order valence-electron chi connectivity index (χ0n) is 16.9. The minimum Gasteiger partial charge on any atom is -0.369 e.